The molecule has 0 amide bonds. The Hall–Kier alpha value is -2.21. The van der Waals surface area contributed by atoms with Crippen LogP contribution in [0, 0.1) is 13.8 Å². The maximum atomic E-state index is 5.92. The van der Waals surface area contributed by atoms with E-state index in [-0.39, 0.29) is 0 Å². The molecule has 1 aliphatic rings. The van der Waals surface area contributed by atoms with Crippen molar-refractivity contribution in [1.82, 2.24) is 9.88 Å². The Morgan fingerprint density at radius 2 is 1.82 bits per heavy atom. The molecule has 2 heterocycles. The zero-order valence-electron chi connectivity index (χ0n) is 16.5. The standard InChI is InChI=1S/C23H26N2O2S/c1-17-4-3-5-20(16-17)23-24-22(18(2)28-23)19-6-8-21(9-7-19)27-15-12-25-10-13-26-14-11-25/h3-9,16H,10-15H2,1-2H3. The van der Waals surface area contributed by atoms with Crippen LogP contribution in [-0.4, -0.2) is 49.3 Å². The van der Waals surface area contributed by atoms with E-state index in [1.807, 2.05) is 12.1 Å². The highest BCUT2D eigenvalue weighted by Gasteiger charge is 2.12. The zero-order chi connectivity index (χ0) is 19.3. The Morgan fingerprint density at radius 1 is 1.04 bits per heavy atom. The van der Waals surface area contributed by atoms with Gasteiger partial charge in [0.1, 0.15) is 17.4 Å². The highest BCUT2D eigenvalue weighted by Crippen LogP contribution is 2.34. The molecule has 1 fully saturated rings. The van der Waals surface area contributed by atoms with Crippen molar-refractivity contribution in [3.8, 4) is 27.6 Å². The minimum Gasteiger partial charge on any atom is -0.492 e. The van der Waals surface area contributed by atoms with E-state index >= 15 is 0 Å². The van der Waals surface area contributed by atoms with E-state index in [1.54, 1.807) is 11.3 Å². The molecule has 2 aromatic carbocycles. The van der Waals surface area contributed by atoms with Gasteiger partial charge in [-0.15, -0.1) is 11.3 Å². The van der Waals surface area contributed by atoms with Crippen LogP contribution < -0.4 is 4.74 Å². The topological polar surface area (TPSA) is 34.6 Å². The van der Waals surface area contributed by atoms with E-state index in [9.17, 15) is 0 Å². The Labute approximate surface area is 170 Å². The van der Waals surface area contributed by atoms with Crippen molar-refractivity contribution in [2.24, 2.45) is 0 Å². The first-order chi connectivity index (χ1) is 13.7. The van der Waals surface area contributed by atoms with Crippen LogP contribution in [-0.2, 0) is 4.74 Å². The van der Waals surface area contributed by atoms with Gasteiger partial charge in [0.25, 0.3) is 0 Å². The van der Waals surface area contributed by atoms with E-state index in [1.165, 1.54) is 16.0 Å². The number of nitrogens with zero attached hydrogens (tertiary/aromatic N) is 2. The second-order valence-electron chi connectivity index (χ2n) is 7.12. The van der Waals surface area contributed by atoms with Crippen molar-refractivity contribution in [1.29, 1.82) is 0 Å². The largest absolute Gasteiger partial charge is 0.492 e. The van der Waals surface area contributed by atoms with Gasteiger partial charge in [0.15, 0.2) is 0 Å². The van der Waals surface area contributed by atoms with Crippen molar-refractivity contribution < 1.29 is 9.47 Å². The second kappa shape index (κ2) is 8.86. The van der Waals surface area contributed by atoms with Crippen LogP contribution in [0.2, 0.25) is 0 Å². The van der Waals surface area contributed by atoms with Crippen molar-refractivity contribution in [2.75, 3.05) is 39.5 Å². The van der Waals surface area contributed by atoms with Gasteiger partial charge in [-0.05, 0) is 44.2 Å². The van der Waals surface area contributed by atoms with Gasteiger partial charge >= 0.3 is 0 Å². The molecule has 3 aromatic rings. The normalized spacial score (nSPS) is 14.9. The molecule has 0 atom stereocenters. The Kier molecular flexibility index (Phi) is 6.05. The molecular formula is C23H26N2O2S. The fourth-order valence-electron chi connectivity index (χ4n) is 3.39. The smallest absolute Gasteiger partial charge is 0.124 e. The fourth-order valence-corrected chi connectivity index (χ4v) is 4.32. The first-order valence-corrected chi connectivity index (χ1v) is 10.6. The molecule has 0 aliphatic carbocycles. The number of aromatic nitrogens is 1. The number of aryl methyl sites for hydroxylation is 2. The molecule has 146 valence electrons. The SMILES string of the molecule is Cc1cccc(-c2nc(-c3ccc(OCCN4CCOCC4)cc3)c(C)s2)c1. The maximum Gasteiger partial charge on any atom is 0.124 e. The van der Waals surface area contributed by atoms with Crippen LogP contribution in [0.15, 0.2) is 48.5 Å². The quantitative estimate of drug-likeness (QED) is 0.601. The van der Waals surface area contributed by atoms with Crippen molar-refractivity contribution >= 4 is 11.3 Å². The Balaban J connectivity index is 1.41. The maximum absolute atomic E-state index is 5.92. The van der Waals surface area contributed by atoms with E-state index < -0.39 is 0 Å². The first-order valence-electron chi connectivity index (χ1n) is 9.77. The first kappa shape index (κ1) is 19.1. The lowest BCUT2D eigenvalue weighted by molar-refractivity contribution is 0.0322. The minimum absolute atomic E-state index is 0.701. The third-order valence-corrected chi connectivity index (χ3v) is 5.99. The third kappa shape index (κ3) is 4.61. The summed E-state index contributed by atoms with van der Waals surface area (Å²) in [6, 6.07) is 16.8. The molecule has 0 unspecified atom stereocenters. The average molecular weight is 395 g/mol. The molecule has 1 saturated heterocycles. The van der Waals surface area contributed by atoms with Crippen LogP contribution in [0.3, 0.4) is 0 Å². The minimum atomic E-state index is 0.701. The zero-order valence-corrected chi connectivity index (χ0v) is 17.3. The summed E-state index contributed by atoms with van der Waals surface area (Å²) in [6.07, 6.45) is 0. The van der Waals surface area contributed by atoms with Crippen LogP contribution in [0.4, 0.5) is 0 Å². The van der Waals surface area contributed by atoms with Crippen LogP contribution in [0.5, 0.6) is 5.75 Å². The monoisotopic (exact) mass is 394 g/mol. The van der Waals surface area contributed by atoms with Gasteiger partial charge in [-0.25, -0.2) is 4.98 Å². The van der Waals surface area contributed by atoms with Gasteiger partial charge in [-0.3, -0.25) is 4.90 Å². The molecule has 4 nitrogen and oxygen atoms in total. The van der Waals surface area contributed by atoms with Crippen LogP contribution in [0.1, 0.15) is 10.4 Å². The van der Waals surface area contributed by atoms with E-state index in [4.69, 9.17) is 14.5 Å². The Morgan fingerprint density at radius 3 is 2.57 bits per heavy atom. The molecule has 1 aliphatic heterocycles. The third-order valence-electron chi connectivity index (χ3n) is 4.97. The molecule has 0 radical (unpaired) electrons. The summed E-state index contributed by atoms with van der Waals surface area (Å²) in [5.41, 5.74) is 4.63. The summed E-state index contributed by atoms with van der Waals surface area (Å²) in [4.78, 5) is 8.52. The van der Waals surface area contributed by atoms with Crippen molar-refractivity contribution in [3.05, 3.63) is 59.0 Å². The molecule has 1 aromatic heterocycles. The highest BCUT2D eigenvalue weighted by atomic mass is 32.1. The van der Waals surface area contributed by atoms with Gasteiger partial charge in [-0.1, -0.05) is 23.8 Å². The van der Waals surface area contributed by atoms with Gasteiger partial charge < -0.3 is 9.47 Å². The van der Waals surface area contributed by atoms with Crippen LogP contribution in [0.25, 0.3) is 21.8 Å². The van der Waals surface area contributed by atoms with E-state index in [2.05, 4.69) is 55.1 Å². The van der Waals surface area contributed by atoms with Gasteiger partial charge in [0.05, 0.1) is 18.9 Å². The van der Waals surface area contributed by atoms with Crippen molar-refractivity contribution in [3.63, 3.8) is 0 Å². The summed E-state index contributed by atoms with van der Waals surface area (Å²) in [5, 5.41) is 1.07. The summed E-state index contributed by atoms with van der Waals surface area (Å²) in [6.45, 7) is 9.53. The molecular weight excluding hydrogens is 368 g/mol. The number of benzene rings is 2. The molecule has 5 heteroatoms. The number of morpholine rings is 1. The van der Waals surface area contributed by atoms with Gasteiger partial charge in [0, 0.05) is 35.6 Å². The number of ether oxygens (including phenoxy) is 2. The molecule has 0 bridgehead atoms. The van der Waals surface area contributed by atoms with Gasteiger partial charge in [0.2, 0.25) is 0 Å². The molecule has 0 saturated carbocycles. The summed E-state index contributed by atoms with van der Waals surface area (Å²) >= 11 is 1.75. The van der Waals surface area contributed by atoms with Gasteiger partial charge in [-0.2, -0.15) is 0 Å². The van der Waals surface area contributed by atoms with E-state index in [0.29, 0.717) is 6.61 Å². The summed E-state index contributed by atoms with van der Waals surface area (Å²) in [5.74, 6) is 0.906. The number of hydrogen-bond acceptors (Lipinski definition) is 5. The summed E-state index contributed by atoms with van der Waals surface area (Å²) in [7, 11) is 0. The number of hydrogen-bond donors (Lipinski definition) is 0. The Bertz CT molecular complexity index is 915. The molecule has 4 rings (SSSR count). The molecule has 0 spiro atoms. The average Bonchev–Trinajstić information content (AvgIpc) is 3.11. The lowest BCUT2D eigenvalue weighted by atomic mass is 10.1. The predicted octanol–water partition coefficient (Wildman–Crippen LogP) is 4.80. The summed E-state index contributed by atoms with van der Waals surface area (Å²) < 4.78 is 11.3. The number of rotatable bonds is 6. The predicted molar refractivity (Wildman–Crippen MR) is 115 cm³/mol. The molecule has 28 heavy (non-hydrogen) atoms. The second-order valence-corrected chi connectivity index (χ2v) is 8.32. The highest BCUT2D eigenvalue weighted by molar-refractivity contribution is 7.15. The molecule has 0 N–H and O–H groups in total. The number of thiazole rings is 1. The van der Waals surface area contributed by atoms with Crippen molar-refractivity contribution in [2.45, 2.75) is 13.8 Å². The lowest BCUT2D eigenvalue weighted by Gasteiger charge is -2.26. The lowest BCUT2D eigenvalue weighted by Crippen LogP contribution is -2.38. The fraction of sp³-hybridized carbons (Fsp3) is 0.348. The van der Waals surface area contributed by atoms with Crippen LogP contribution >= 0.6 is 11.3 Å². The van der Waals surface area contributed by atoms with E-state index in [0.717, 1.165) is 54.9 Å².